The van der Waals surface area contributed by atoms with E-state index in [1.54, 1.807) is 0 Å². The first-order valence-corrected chi connectivity index (χ1v) is 15.0. The topological polar surface area (TPSA) is 26.3 Å². The van der Waals surface area contributed by atoms with E-state index in [-0.39, 0.29) is 5.97 Å². The fraction of sp³-hybridized carbons (Fsp3) is 0.966. The van der Waals surface area contributed by atoms with Crippen molar-refractivity contribution in [2.75, 3.05) is 12.9 Å². The third kappa shape index (κ3) is 4.31. The van der Waals surface area contributed by atoms with Crippen molar-refractivity contribution in [2.45, 2.75) is 110 Å². The van der Waals surface area contributed by atoms with Crippen molar-refractivity contribution in [3.05, 3.63) is 0 Å². The summed E-state index contributed by atoms with van der Waals surface area (Å²) in [5.74, 6) is 7.39. The number of ether oxygens (including phenoxy) is 1. The van der Waals surface area contributed by atoms with Crippen molar-refractivity contribution in [3.63, 3.8) is 0 Å². The smallest absolute Gasteiger partial charge is 0.305 e. The maximum Gasteiger partial charge on any atom is 0.305 e. The Morgan fingerprint density at radius 2 is 1.78 bits per heavy atom. The quantitative estimate of drug-likeness (QED) is 0.359. The molecule has 4 saturated carbocycles. The van der Waals surface area contributed by atoms with Crippen molar-refractivity contribution in [2.24, 2.45) is 52.3 Å². The maximum atomic E-state index is 11.8. The monoisotopic (exact) mass is 462 g/mol. The highest BCUT2D eigenvalue weighted by molar-refractivity contribution is 7.99. The van der Waals surface area contributed by atoms with Crippen molar-refractivity contribution in [3.8, 4) is 0 Å². The molecule has 4 fully saturated rings. The summed E-state index contributed by atoms with van der Waals surface area (Å²) in [7, 11) is 1.53. The van der Waals surface area contributed by atoms with E-state index in [1.807, 2.05) is 0 Å². The van der Waals surface area contributed by atoms with Gasteiger partial charge in [0.25, 0.3) is 0 Å². The molecule has 4 aliphatic carbocycles. The third-order valence-corrected chi connectivity index (χ3v) is 12.8. The zero-order valence-electron chi connectivity index (χ0n) is 21.8. The van der Waals surface area contributed by atoms with Crippen molar-refractivity contribution >= 4 is 17.7 Å². The van der Waals surface area contributed by atoms with Crippen LogP contribution in [0, 0.1) is 52.3 Å². The van der Waals surface area contributed by atoms with Gasteiger partial charge in [0.05, 0.1) is 7.11 Å². The molecule has 32 heavy (non-hydrogen) atoms. The molecule has 0 saturated heterocycles. The largest absolute Gasteiger partial charge is 0.469 e. The highest BCUT2D eigenvalue weighted by atomic mass is 32.2. The molecule has 4 aliphatic rings. The highest BCUT2D eigenvalue weighted by Crippen LogP contribution is 2.69. The minimum Gasteiger partial charge on any atom is -0.469 e. The number of carbonyl (C=O) groups is 1. The highest BCUT2D eigenvalue weighted by Gasteiger charge is 2.62. The predicted octanol–water partition coefficient (Wildman–Crippen LogP) is 7.99. The normalized spacial score (nSPS) is 46.6. The molecule has 0 aliphatic heterocycles. The van der Waals surface area contributed by atoms with E-state index in [0.29, 0.717) is 23.2 Å². The maximum absolute atomic E-state index is 11.8. The van der Waals surface area contributed by atoms with Crippen LogP contribution in [0.4, 0.5) is 0 Å². The Labute approximate surface area is 202 Å². The van der Waals surface area contributed by atoms with Gasteiger partial charge in [-0.3, -0.25) is 4.79 Å². The zero-order valence-corrected chi connectivity index (χ0v) is 22.6. The summed E-state index contributed by atoms with van der Waals surface area (Å²) in [4.78, 5) is 11.8. The number of fused-ring (bicyclic) bond motifs is 5. The second kappa shape index (κ2) is 9.82. The van der Waals surface area contributed by atoms with Crippen molar-refractivity contribution in [1.29, 1.82) is 0 Å². The molecule has 0 spiro atoms. The van der Waals surface area contributed by atoms with E-state index in [1.165, 1.54) is 70.7 Å². The summed E-state index contributed by atoms with van der Waals surface area (Å²) in [6, 6.07) is 0. The van der Waals surface area contributed by atoms with Gasteiger partial charge in [0.1, 0.15) is 0 Å². The molecule has 10 atom stereocenters. The van der Waals surface area contributed by atoms with Crippen LogP contribution in [0.15, 0.2) is 0 Å². The Kier molecular flexibility index (Phi) is 7.65. The van der Waals surface area contributed by atoms with Gasteiger partial charge in [-0.05, 0) is 116 Å². The molecule has 0 bridgehead atoms. The van der Waals surface area contributed by atoms with Gasteiger partial charge >= 0.3 is 5.97 Å². The molecule has 0 aromatic rings. The van der Waals surface area contributed by atoms with Gasteiger partial charge in [0.15, 0.2) is 0 Å². The number of thioether (sulfide) groups is 1. The molecule has 0 aromatic heterocycles. The first kappa shape index (κ1) is 24.9. The number of rotatable bonds is 7. The first-order valence-electron chi connectivity index (χ1n) is 13.9. The summed E-state index contributed by atoms with van der Waals surface area (Å²) >= 11 is 2.35. The van der Waals surface area contributed by atoms with Crippen LogP contribution in [0.2, 0.25) is 0 Å². The summed E-state index contributed by atoms with van der Waals surface area (Å²) in [5, 5.41) is 0.886. The summed E-state index contributed by atoms with van der Waals surface area (Å²) in [6.45, 7) is 12.7. The number of hydrogen-bond acceptors (Lipinski definition) is 3. The minimum atomic E-state index is -0.0333. The fourth-order valence-corrected chi connectivity index (χ4v) is 11.0. The molecule has 0 heterocycles. The van der Waals surface area contributed by atoms with E-state index >= 15 is 0 Å². The second-order valence-electron chi connectivity index (χ2n) is 12.8. The van der Waals surface area contributed by atoms with Crippen LogP contribution in [0.25, 0.3) is 0 Å². The van der Waals surface area contributed by atoms with E-state index in [0.717, 1.165) is 47.2 Å². The van der Waals surface area contributed by atoms with Gasteiger partial charge in [0, 0.05) is 11.7 Å². The van der Waals surface area contributed by atoms with Crippen LogP contribution in [-0.4, -0.2) is 24.1 Å². The van der Waals surface area contributed by atoms with Crippen LogP contribution in [0.1, 0.15) is 105 Å². The van der Waals surface area contributed by atoms with Gasteiger partial charge in [-0.25, -0.2) is 0 Å². The fourth-order valence-electron chi connectivity index (χ4n) is 9.48. The SMILES string of the molecule is CCCSC1CC2C[C@H](C)CC[C@]2(C)C2CC[C@]3(C)C(C(C)CCC(=O)OC)CCC3C12. The molecule has 0 amide bonds. The number of carbonyl (C=O) groups excluding carboxylic acids is 1. The van der Waals surface area contributed by atoms with Gasteiger partial charge in [-0.2, -0.15) is 11.8 Å². The van der Waals surface area contributed by atoms with E-state index in [9.17, 15) is 4.79 Å². The van der Waals surface area contributed by atoms with Crippen LogP contribution in [0.3, 0.4) is 0 Å². The van der Waals surface area contributed by atoms with Crippen molar-refractivity contribution < 1.29 is 9.53 Å². The van der Waals surface area contributed by atoms with Gasteiger partial charge in [-0.1, -0.05) is 41.0 Å². The van der Waals surface area contributed by atoms with Crippen LogP contribution in [-0.2, 0) is 9.53 Å². The molecule has 184 valence electrons. The lowest BCUT2D eigenvalue weighted by Gasteiger charge is -2.63. The molecule has 0 aromatic carbocycles. The summed E-state index contributed by atoms with van der Waals surface area (Å²) in [5.41, 5.74) is 1.07. The molecule has 0 radical (unpaired) electrons. The molecule has 0 N–H and O–H groups in total. The van der Waals surface area contributed by atoms with Gasteiger partial charge < -0.3 is 4.74 Å². The Hall–Kier alpha value is -0.180. The lowest BCUT2D eigenvalue weighted by Crippen LogP contribution is -2.57. The Morgan fingerprint density at radius 3 is 2.50 bits per heavy atom. The average molecular weight is 463 g/mol. The average Bonchev–Trinajstić information content (AvgIpc) is 3.13. The number of hydrogen-bond donors (Lipinski definition) is 0. The van der Waals surface area contributed by atoms with Crippen molar-refractivity contribution in [1.82, 2.24) is 0 Å². The predicted molar refractivity (Wildman–Crippen MR) is 137 cm³/mol. The Morgan fingerprint density at radius 1 is 1.06 bits per heavy atom. The van der Waals surface area contributed by atoms with E-state index < -0.39 is 0 Å². The lowest BCUT2D eigenvalue weighted by molar-refractivity contribution is -0.141. The minimum absolute atomic E-state index is 0.0333. The zero-order chi connectivity index (χ0) is 23.1. The second-order valence-corrected chi connectivity index (χ2v) is 14.2. The standard InChI is InChI=1S/C29H50O2S/c1-7-16-32-25-18-21-17-19(2)12-14-28(21,4)24-13-15-29(5)22(9-10-23(29)27(24)25)20(3)8-11-26(30)31-6/h19-25,27H,7-18H2,1-6H3/t19-,20?,21?,22?,23?,24?,25?,27?,28+,29-/m1/s1. The van der Waals surface area contributed by atoms with E-state index in [4.69, 9.17) is 4.74 Å². The van der Waals surface area contributed by atoms with E-state index in [2.05, 4.69) is 46.4 Å². The number of methoxy groups -OCH3 is 1. The Balaban J connectivity index is 1.57. The Bertz CT molecular complexity index is 664. The summed E-state index contributed by atoms with van der Waals surface area (Å²) in [6.07, 6.45) is 14.5. The van der Waals surface area contributed by atoms with Crippen LogP contribution >= 0.6 is 11.8 Å². The first-order chi connectivity index (χ1) is 15.2. The molecule has 7 unspecified atom stereocenters. The molecule has 2 nitrogen and oxygen atoms in total. The third-order valence-electron chi connectivity index (χ3n) is 11.2. The molecule has 3 heteroatoms. The van der Waals surface area contributed by atoms with Crippen LogP contribution in [0.5, 0.6) is 0 Å². The molecular weight excluding hydrogens is 412 g/mol. The summed E-state index contributed by atoms with van der Waals surface area (Å²) < 4.78 is 4.94. The molecule has 4 rings (SSSR count). The number of esters is 1. The lowest BCUT2D eigenvalue weighted by atomic mass is 9.44. The van der Waals surface area contributed by atoms with Gasteiger partial charge in [0.2, 0.25) is 0 Å². The van der Waals surface area contributed by atoms with Crippen LogP contribution < -0.4 is 0 Å². The van der Waals surface area contributed by atoms with Gasteiger partial charge in [-0.15, -0.1) is 0 Å². The molecular formula is C29H50O2S.